The molecule has 1 aromatic carbocycles. The first kappa shape index (κ1) is 15.6. The predicted octanol–water partition coefficient (Wildman–Crippen LogP) is 2.81. The quantitative estimate of drug-likeness (QED) is 0.784. The highest BCUT2D eigenvalue weighted by atomic mass is 16.2. The molecule has 2 heterocycles. The highest BCUT2D eigenvalue weighted by Gasteiger charge is 2.23. The largest absolute Gasteiger partial charge is 0.345 e. The van der Waals surface area contributed by atoms with Gasteiger partial charge in [0.1, 0.15) is 11.2 Å². The van der Waals surface area contributed by atoms with E-state index in [1.807, 2.05) is 31.2 Å². The van der Waals surface area contributed by atoms with E-state index in [9.17, 15) is 9.59 Å². The van der Waals surface area contributed by atoms with Crippen molar-refractivity contribution in [3.8, 4) is 0 Å². The molecule has 5 heteroatoms. The summed E-state index contributed by atoms with van der Waals surface area (Å²) in [5, 5.41) is 3.02. The predicted molar refractivity (Wildman–Crippen MR) is 95.8 cm³/mol. The Balaban J connectivity index is 1.69. The van der Waals surface area contributed by atoms with Gasteiger partial charge in [0.25, 0.3) is 11.5 Å². The van der Waals surface area contributed by atoms with Gasteiger partial charge in [-0.25, -0.2) is 4.98 Å². The van der Waals surface area contributed by atoms with Crippen LogP contribution in [-0.2, 0) is 6.42 Å². The maximum atomic E-state index is 12.7. The van der Waals surface area contributed by atoms with E-state index in [4.69, 9.17) is 0 Å². The van der Waals surface area contributed by atoms with E-state index >= 15 is 0 Å². The Bertz CT molecular complexity index is 1020. The minimum absolute atomic E-state index is 0.0607. The molecule has 1 unspecified atom stereocenters. The number of pyridine rings is 1. The van der Waals surface area contributed by atoms with Crippen LogP contribution in [0.3, 0.4) is 0 Å². The monoisotopic (exact) mass is 333 g/mol. The molecule has 0 fully saturated rings. The van der Waals surface area contributed by atoms with E-state index < -0.39 is 0 Å². The summed E-state index contributed by atoms with van der Waals surface area (Å²) in [4.78, 5) is 29.7. The minimum atomic E-state index is -0.364. The number of nitrogens with zero attached hydrogens (tertiary/aromatic N) is 2. The molecule has 0 spiro atoms. The molecule has 0 saturated heterocycles. The molecule has 1 N–H and O–H groups in total. The van der Waals surface area contributed by atoms with Gasteiger partial charge in [-0.3, -0.25) is 14.0 Å². The van der Waals surface area contributed by atoms with Crippen LogP contribution < -0.4 is 10.9 Å². The lowest BCUT2D eigenvalue weighted by atomic mass is 9.87. The summed E-state index contributed by atoms with van der Waals surface area (Å²) in [6, 6.07) is 13.5. The van der Waals surface area contributed by atoms with Crippen molar-refractivity contribution in [1.82, 2.24) is 14.7 Å². The minimum Gasteiger partial charge on any atom is -0.345 e. The van der Waals surface area contributed by atoms with Crippen molar-refractivity contribution in [2.24, 2.45) is 0 Å². The SMILES string of the molecule is Cc1cccc2ncc(C(=O)NC3CCCc4ccccc43)c(=O)n12. The number of carbonyl (C=O) groups is 1. The summed E-state index contributed by atoms with van der Waals surface area (Å²) >= 11 is 0. The second-order valence-corrected chi connectivity index (χ2v) is 6.45. The average Bonchev–Trinajstić information content (AvgIpc) is 2.62. The van der Waals surface area contributed by atoms with Gasteiger partial charge in [-0.15, -0.1) is 0 Å². The molecule has 2 aromatic heterocycles. The Morgan fingerprint density at radius 3 is 2.92 bits per heavy atom. The zero-order chi connectivity index (χ0) is 17.4. The first-order chi connectivity index (χ1) is 12.1. The molecule has 0 aliphatic heterocycles. The number of carbonyl (C=O) groups excluding carboxylic acids is 1. The van der Waals surface area contributed by atoms with E-state index in [1.165, 1.54) is 16.2 Å². The molecule has 5 nitrogen and oxygen atoms in total. The lowest BCUT2D eigenvalue weighted by Crippen LogP contribution is -2.35. The van der Waals surface area contributed by atoms with Gasteiger partial charge in [0, 0.05) is 11.9 Å². The second-order valence-electron chi connectivity index (χ2n) is 6.45. The molecule has 1 aliphatic rings. The Morgan fingerprint density at radius 2 is 2.04 bits per heavy atom. The molecule has 0 saturated carbocycles. The maximum absolute atomic E-state index is 12.7. The molecule has 1 amide bonds. The molecule has 25 heavy (non-hydrogen) atoms. The van der Waals surface area contributed by atoms with Crippen LogP contribution >= 0.6 is 0 Å². The first-order valence-corrected chi connectivity index (χ1v) is 8.51. The lowest BCUT2D eigenvalue weighted by Gasteiger charge is -2.26. The van der Waals surface area contributed by atoms with Crippen molar-refractivity contribution in [2.45, 2.75) is 32.2 Å². The van der Waals surface area contributed by atoms with Crippen LogP contribution in [0.15, 0.2) is 53.5 Å². The zero-order valence-corrected chi connectivity index (χ0v) is 14.0. The summed E-state index contributed by atoms with van der Waals surface area (Å²) in [7, 11) is 0. The second kappa shape index (κ2) is 6.16. The third-order valence-electron chi connectivity index (χ3n) is 4.84. The van der Waals surface area contributed by atoms with E-state index in [1.54, 1.807) is 6.07 Å². The highest BCUT2D eigenvalue weighted by molar-refractivity contribution is 5.94. The number of hydrogen-bond donors (Lipinski definition) is 1. The Labute approximate surface area is 145 Å². The molecule has 3 aromatic rings. The Kier molecular flexibility index (Phi) is 3.84. The smallest absolute Gasteiger partial charge is 0.270 e. The topological polar surface area (TPSA) is 63.5 Å². The summed E-state index contributed by atoms with van der Waals surface area (Å²) in [5.41, 5.74) is 3.46. The lowest BCUT2D eigenvalue weighted by molar-refractivity contribution is 0.0930. The number of aryl methyl sites for hydroxylation is 2. The number of rotatable bonds is 2. The third-order valence-corrected chi connectivity index (χ3v) is 4.84. The van der Waals surface area contributed by atoms with E-state index in [0.29, 0.717) is 5.65 Å². The fraction of sp³-hybridized carbons (Fsp3) is 0.250. The molecule has 1 atom stereocenters. The Hall–Kier alpha value is -2.95. The fourth-order valence-corrected chi connectivity index (χ4v) is 3.57. The van der Waals surface area contributed by atoms with Crippen molar-refractivity contribution in [3.63, 3.8) is 0 Å². The molecule has 126 valence electrons. The van der Waals surface area contributed by atoms with Gasteiger partial charge in [-0.1, -0.05) is 30.3 Å². The van der Waals surface area contributed by atoms with Crippen molar-refractivity contribution in [2.75, 3.05) is 0 Å². The van der Waals surface area contributed by atoms with Gasteiger partial charge >= 0.3 is 0 Å². The molecule has 0 radical (unpaired) electrons. The van der Waals surface area contributed by atoms with Crippen LogP contribution in [-0.4, -0.2) is 15.3 Å². The fourth-order valence-electron chi connectivity index (χ4n) is 3.57. The van der Waals surface area contributed by atoms with E-state index in [-0.39, 0.29) is 23.1 Å². The van der Waals surface area contributed by atoms with E-state index in [2.05, 4.69) is 22.4 Å². The summed E-state index contributed by atoms with van der Waals surface area (Å²) in [5.74, 6) is -0.364. The first-order valence-electron chi connectivity index (χ1n) is 8.51. The van der Waals surface area contributed by atoms with Crippen LogP contribution in [0.4, 0.5) is 0 Å². The number of fused-ring (bicyclic) bond motifs is 2. The number of hydrogen-bond acceptors (Lipinski definition) is 3. The maximum Gasteiger partial charge on any atom is 0.270 e. The van der Waals surface area contributed by atoms with Crippen LogP contribution in [0.1, 0.15) is 46.1 Å². The van der Waals surface area contributed by atoms with Gasteiger partial charge in [0.15, 0.2) is 0 Å². The van der Waals surface area contributed by atoms with Crippen LogP contribution in [0.2, 0.25) is 0 Å². The highest BCUT2D eigenvalue weighted by Crippen LogP contribution is 2.29. The van der Waals surface area contributed by atoms with Crippen molar-refractivity contribution in [1.29, 1.82) is 0 Å². The number of aromatic nitrogens is 2. The summed E-state index contributed by atoms with van der Waals surface area (Å²) < 4.78 is 1.48. The van der Waals surface area contributed by atoms with Gasteiger partial charge in [-0.2, -0.15) is 0 Å². The number of benzene rings is 1. The van der Waals surface area contributed by atoms with Crippen molar-refractivity contribution >= 4 is 11.6 Å². The van der Waals surface area contributed by atoms with Crippen LogP contribution in [0.5, 0.6) is 0 Å². The van der Waals surface area contributed by atoms with Gasteiger partial charge in [-0.05, 0) is 49.4 Å². The molecule has 4 rings (SSSR count). The summed E-state index contributed by atoms with van der Waals surface area (Å²) in [6.45, 7) is 1.83. The number of nitrogens with one attached hydrogen (secondary N) is 1. The van der Waals surface area contributed by atoms with Gasteiger partial charge in [0.05, 0.1) is 6.04 Å². The zero-order valence-electron chi connectivity index (χ0n) is 14.0. The van der Waals surface area contributed by atoms with Crippen LogP contribution in [0.25, 0.3) is 5.65 Å². The number of amides is 1. The van der Waals surface area contributed by atoms with Crippen molar-refractivity contribution in [3.05, 3.63) is 81.4 Å². The molecule has 0 bridgehead atoms. The molecular weight excluding hydrogens is 314 g/mol. The molecular formula is C20H19N3O2. The normalized spacial score (nSPS) is 16.4. The average molecular weight is 333 g/mol. The van der Waals surface area contributed by atoms with Gasteiger partial charge in [0.2, 0.25) is 0 Å². The standard InChI is InChI=1S/C20H19N3O2/c1-13-6-4-11-18-21-12-16(20(25)23(13)18)19(24)22-17-10-5-8-14-7-2-3-9-15(14)17/h2-4,6-7,9,11-12,17H,5,8,10H2,1H3,(H,22,24). The van der Waals surface area contributed by atoms with E-state index in [0.717, 1.165) is 30.5 Å². The van der Waals surface area contributed by atoms with Gasteiger partial charge < -0.3 is 5.32 Å². The van der Waals surface area contributed by atoms with Crippen molar-refractivity contribution < 1.29 is 4.79 Å². The van der Waals surface area contributed by atoms with Crippen LogP contribution in [0, 0.1) is 6.92 Å². The third kappa shape index (κ3) is 2.71. The molecule has 1 aliphatic carbocycles. The Morgan fingerprint density at radius 1 is 1.20 bits per heavy atom. The summed E-state index contributed by atoms with van der Waals surface area (Å²) in [6.07, 6.45) is 4.31.